The third-order valence-electron chi connectivity index (χ3n) is 1.26. The van der Waals surface area contributed by atoms with Crippen molar-refractivity contribution in [1.82, 2.24) is 4.98 Å². The highest BCUT2D eigenvalue weighted by Gasteiger charge is 1.98. The Kier molecular flexibility index (Phi) is 3.05. The van der Waals surface area contributed by atoms with Crippen LogP contribution in [0.3, 0.4) is 0 Å². The topological polar surface area (TPSA) is 12.9 Å². The molecule has 1 heterocycles. The van der Waals surface area contributed by atoms with Gasteiger partial charge in [0.15, 0.2) is 0 Å². The van der Waals surface area contributed by atoms with Crippen molar-refractivity contribution in [2.75, 3.05) is 0 Å². The van der Waals surface area contributed by atoms with Gasteiger partial charge in [0.25, 0.3) is 0 Å². The molecular weight excluding hydrogens is 256 g/mol. The standard InChI is InChI=1S/C7H9INP/c1-5(8)6-2-3-9-7(10)4-6/h2-5H,10H2,1H3. The lowest BCUT2D eigenvalue weighted by molar-refractivity contribution is 1.14. The zero-order valence-corrected chi connectivity index (χ0v) is 9.02. The average Bonchev–Trinajstić information content (AvgIpc) is 1.88. The quantitative estimate of drug-likeness (QED) is 0.430. The van der Waals surface area contributed by atoms with E-state index in [1.807, 2.05) is 12.3 Å². The number of alkyl halides is 1. The van der Waals surface area contributed by atoms with Crippen molar-refractivity contribution in [3.05, 3.63) is 23.9 Å². The van der Waals surface area contributed by atoms with Crippen LogP contribution in [0.2, 0.25) is 0 Å². The van der Waals surface area contributed by atoms with Gasteiger partial charge in [0, 0.05) is 10.1 Å². The van der Waals surface area contributed by atoms with E-state index in [1.165, 1.54) is 5.56 Å². The van der Waals surface area contributed by atoms with Gasteiger partial charge in [-0.1, -0.05) is 31.8 Å². The Balaban J connectivity index is 2.96. The largest absolute Gasteiger partial charge is 0.257 e. The fourth-order valence-electron chi connectivity index (χ4n) is 0.713. The van der Waals surface area contributed by atoms with Crippen molar-refractivity contribution >= 4 is 37.3 Å². The highest BCUT2D eigenvalue weighted by Crippen LogP contribution is 2.20. The zero-order valence-electron chi connectivity index (χ0n) is 5.71. The molecule has 2 atom stereocenters. The van der Waals surface area contributed by atoms with Gasteiger partial charge >= 0.3 is 0 Å². The zero-order chi connectivity index (χ0) is 7.56. The fraction of sp³-hybridized carbons (Fsp3) is 0.286. The van der Waals surface area contributed by atoms with Crippen molar-refractivity contribution < 1.29 is 0 Å². The molecule has 0 aliphatic heterocycles. The van der Waals surface area contributed by atoms with Crippen LogP contribution in [0.4, 0.5) is 0 Å². The summed E-state index contributed by atoms with van der Waals surface area (Å²) in [7, 11) is 2.59. The summed E-state index contributed by atoms with van der Waals surface area (Å²) in [5, 5.41) is 0. The van der Waals surface area contributed by atoms with E-state index in [-0.39, 0.29) is 0 Å². The first-order valence-corrected chi connectivity index (χ1v) is 4.88. The SMILES string of the molecule is CC(I)c1ccnc(P)c1. The number of hydrogen-bond acceptors (Lipinski definition) is 1. The number of nitrogens with zero attached hydrogens (tertiary/aromatic N) is 1. The second kappa shape index (κ2) is 3.63. The maximum Gasteiger partial charge on any atom is 0.0572 e. The molecule has 0 fully saturated rings. The monoisotopic (exact) mass is 265 g/mol. The highest BCUT2D eigenvalue weighted by molar-refractivity contribution is 14.1. The van der Waals surface area contributed by atoms with Crippen LogP contribution in [0.5, 0.6) is 0 Å². The maximum absolute atomic E-state index is 4.08. The first kappa shape index (κ1) is 8.41. The van der Waals surface area contributed by atoms with Gasteiger partial charge in [0.1, 0.15) is 0 Å². The Morgan fingerprint density at radius 3 is 2.80 bits per heavy atom. The minimum Gasteiger partial charge on any atom is -0.257 e. The van der Waals surface area contributed by atoms with Crippen LogP contribution >= 0.6 is 31.8 Å². The molecule has 0 amide bonds. The molecule has 1 rings (SSSR count). The van der Waals surface area contributed by atoms with Crippen molar-refractivity contribution in [3.63, 3.8) is 0 Å². The fourth-order valence-corrected chi connectivity index (χ4v) is 1.38. The summed E-state index contributed by atoms with van der Waals surface area (Å²) in [5.74, 6) is 0. The van der Waals surface area contributed by atoms with Gasteiger partial charge in [-0.15, -0.1) is 0 Å². The summed E-state index contributed by atoms with van der Waals surface area (Å²) in [6.07, 6.45) is 1.84. The molecule has 3 heteroatoms. The third kappa shape index (κ3) is 2.17. The lowest BCUT2D eigenvalue weighted by atomic mass is 10.2. The Labute approximate surface area is 77.0 Å². The van der Waals surface area contributed by atoms with Crippen LogP contribution in [0.1, 0.15) is 16.4 Å². The van der Waals surface area contributed by atoms with Crippen LogP contribution in [-0.2, 0) is 0 Å². The van der Waals surface area contributed by atoms with Crippen molar-refractivity contribution in [3.8, 4) is 0 Å². The van der Waals surface area contributed by atoms with E-state index in [2.05, 4.69) is 49.8 Å². The minimum atomic E-state index is 0.569. The summed E-state index contributed by atoms with van der Waals surface area (Å²) in [6.45, 7) is 2.17. The second-order valence-electron chi connectivity index (χ2n) is 2.13. The van der Waals surface area contributed by atoms with Crippen molar-refractivity contribution in [1.29, 1.82) is 0 Å². The van der Waals surface area contributed by atoms with Crippen LogP contribution < -0.4 is 5.44 Å². The Bertz CT molecular complexity index is 225. The lowest BCUT2D eigenvalue weighted by Gasteiger charge is -2.02. The van der Waals surface area contributed by atoms with E-state index in [1.54, 1.807) is 0 Å². The molecule has 0 aliphatic carbocycles. The molecule has 1 aromatic rings. The van der Waals surface area contributed by atoms with Crippen molar-refractivity contribution in [2.24, 2.45) is 0 Å². The first-order valence-electron chi connectivity index (χ1n) is 3.05. The average molecular weight is 265 g/mol. The summed E-state index contributed by atoms with van der Waals surface area (Å²) in [6, 6.07) is 4.13. The molecule has 0 saturated heterocycles. The van der Waals surface area contributed by atoms with Crippen LogP contribution in [0.25, 0.3) is 0 Å². The van der Waals surface area contributed by atoms with E-state index in [0.29, 0.717) is 3.92 Å². The van der Waals surface area contributed by atoms with Crippen LogP contribution in [0.15, 0.2) is 18.3 Å². The smallest absolute Gasteiger partial charge is 0.0572 e. The van der Waals surface area contributed by atoms with Gasteiger partial charge in [0.2, 0.25) is 0 Å². The number of aromatic nitrogens is 1. The Morgan fingerprint density at radius 2 is 2.40 bits per heavy atom. The maximum atomic E-state index is 4.08. The predicted molar refractivity (Wildman–Crippen MR) is 56.0 cm³/mol. The third-order valence-corrected chi connectivity index (χ3v) is 2.30. The van der Waals surface area contributed by atoms with Crippen molar-refractivity contribution in [2.45, 2.75) is 10.8 Å². The Morgan fingerprint density at radius 1 is 1.70 bits per heavy atom. The molecule has 1 aromatic heterocycles. The molecule has 2 unspecified atom stereocenters. The summed E-state index contributed by atoms with van der Waals surface area (Å²) >= 11 is 2.39. The molecule has 0 aliphatic rings. The van der Waals surface area contributed by atoms with Gasteiger partial charge in [-0.25, -0.2) is 0 Å². The van der Waals surface area contributed by atoms with Gasteiger partial charge in [0.05, 0.1) is 5.44 Å². The minimum absolute atomic E-state index is 0.569. The molecule has 0 saturated carbocycles. The lowest BCUT2D eigenvalue weighted by Crippen LogP contribution is -1.98. The molecule has 0 N–H and O–H groups in total. The van der Waals surface area contributed by atoms with E-state index in [9.17, 15) is 0 Å². The van der Waals surface area contributed by atoms with E-state index >= 15 is 0 Å². The molecule has 10 heavy (non-hydrogen) atoms. The molecule has 0 bridgehead atoms. The van der Waals surface area contributed by atoms with E-state index in [4.69, 9.17) is 0 Å². The van der Waals surface area contributed by atoms with E-state index in [0.717, 1.165) is 5.44 Å². The molecule has 54 valence electrons. The van der Waals surface area contributed by atoms with Crippen LogP contribution in [-0.4, -0.2) is 4.98 Å². The van der Waals surface area contributed by atoms with Crippen LogP contribution in [0, 0.1) is 0 Å². The van der Waals surface area contributed by atoms with E-state index < -0.39 is 0 Å². The summed E-state index contributed by atoms with van der Waals surface area (Å²) in [5.41, 5.74) is 2.35. The number of halogens is 1. The van der Waals surface area contributed by atoms with Gasteiger partial charge in [-0.3, -0.25) is 4.98 Å². The number of hydrogen-bond donors (Lipinski definition) is 0. The van der Waals surface area contributed by atoms with Gasteiger partial charge in [-0.05, 0) is 24.6 Å². The predicted octanol–water partition coefficient (Wildman–Crippen LogP) is 2.08. The summed E-state index contributed by atoms with van der Waals surface area (Å²) in [4.78, 5) is 4.08. The normalized spacial score (nSPS) is 13.1. The molecule has 0 spiro atoms. The molecule has 1 nitrogen and oxygen atoms in total. The first-order chi connectivity index (χ1) is 4.70. The second-order valence-corrected chi connectivity index (χ2v) is 4.59. The number of pyridine rings is 1. The van der Waals surface area contributed by atoms with Gasteiger partial charge < -0.3 is 0 Å². The van der Waals surface area contributed by atoms with Gasteiger partial charge in [-0.2, -0.15) is 0 Å². The summed E-state index contributed by atoms with van der Waals surface area (Å²) < 4.78 is 0.569. The molecule has 0 radical (unpaired) electrons. The number of rotatable bonds is 1. The molecular formula is C7H9INP. The highest BCUT2D eigenvalue weighted by atomic mass is 127. The Hall–Kier alpha value is 0.310. The molecule has 0 aromatic carbocycles.